The molecule has 2 rings (SSSR count). The van der Waals surface area contributed by atoms with E-state index in [1.807, 2.05) is 36.7 Å². The van der Waals surface area contributed by atoms with Gasteiger partial charge in [-0.15, -0.1) is 0 Å². The minimum atomic E-state index is 0.254. The van der Waals surface area contributed by atoms with E-state index in [0.717, 1.165) is 12.1 Å². The van der Waals surface area contributed by atoms with Gasteiger partial charge in [0.05, 0.1) is 17.8 Å². The first-order chi connectivity index (χ1) is 8.29. The molecule has 86 valence electrons. The zero-order valence-corrected chi connectivity index (χ0v) is 9.64. The molecule has 1 unspecified atom stereocenters. The van der Waals surface area contributed by atoms with E-state index in [2.05, 4.69) is 28.5 Å². The quantitative estimate of drug-likeness (QED) is 0.839. The Morgan fingerprint density at radius 1 is 1.41 bits per heavy atom. The van der Waals surface area contributed by atoms with Crippen LogP contribution in [0.15, 0.2) is 36.7 Å². The van der Waals surface area contributed by atoms with Crippen molar-refractivity contribution in [3.05, 3.63) is 53.3 Å². The van der Waals surface area contributed by atoms with Crippen LogP contribution in [0.4, 0.5) is 0 Å². The van der Waals surface area contributed by atoms with Crippen LogP contribution in [-0.2, 0) is 6.54 Å². The summed E-state index contributed by atoms with van der Waals surface area (Å²) in [7, 11) is 0. The Hall–Kier alpha value is -2.12. The second-order valence-electron chi connectivity index (χ2n) is 3.94. The molecule has 1 atom stereocenters. The maximum absolute atomic E-state index is 8.70. The molecule has 4 heteroatoms. The summed E-state index contributed by atoms with van der Waals surface area (Å²) in [5.74, 6) is 0. The molecule has 0 saturated heterocycles. The Labute approximate surface area is 100 Å². The number of hydrogen-bond acceptors (Lipinski definition) is 3. The Kier molecular flexibility index (Phi) is 3.53. The Balaban J connectivity index is 1.91. The molecule has 1 aromatic carbocycles. The second kappa shape index (κ2) is 5.28. The van der Waals surface area contributed by atoms with Crippen molar-refractivity contribution in [2.75, 3.05) is 0 Å². The van der Waals surface area contributed by atoms with Crippen LogP contribution in [0.3, 0.4) is 0 Å². The first kappa shape index (κ1) is 11.4. The van der Waals surface area contributed by atoms with Gasteiger partial charge in [-0.05, 0) is 24.6 Å². The third-order valence-corrected chi connectivity index (χ3v) is 2.71. The molecule has 0 fully saturated rings. The summed E-state index contributed by atoms with van der Waals surface area (Å²) in [4.78, 5) is 0. The van der Waals surface area contributed by atoms with Crippen LogP contribution >= 0.6 is 0 Å². The largest absolute Gasteiger partial charge is 0.306 e. The average Bonchev–Trinajstić information content (AvgIpc) is 2.90. The topological polar surface area (TPSA) is 64.5 Å². The lowest BCUT2D eigenvalue weighted by Gasteiger charge is -2.11. The summed E-state index contributed by atoms with van der Waals surface area (Å²) < 4.78 is 0. The number of nitrogens with zero attached hydrogens (tertiary/aromatic N) is 2. The zero-order valence-electron chi connectivity index (χ0n) is 9.64. The molecule has 4 nitrogen and oxygen atoms in total. The lowest BCUT2D eigenvalue weighted by Crippen LogP contribution is -2.17. The predicted molar refractivity (Wildman–Crippen MR) is 65.0 cm³/mol. The number of H-pyrrole nitrogens is 1. The van der Waals surface area contributed by atoms with E-state index in [4.69, 9.17) is 5.26 Å². The number of aromatic nitrogens is 2. The molecule has 0 aliphatic carbocycles. The third kappa shape index (κ3) is 2.92. The highest BCUT2D eigenvalue weighted by atomic mass is 15.1. The van der Waals surface area contributed by atoms with E-state index >= 15 is 0 Å². The van der Waals surface area contributed by atoms with Crippen LogP contribution in [0, 0.1) is 11.3 Å². The minimum Gasteiger partial charge on any atom is -0.306 e. The summed E-state index contributed by atoms with van der Waals surface area (Å²) >= 11 is 0. The van der Waals surface area contributed by atoms with Gasteiger partial charge in [0.25, 0.3) is 0 Å². The van der Waals surface area contributed by atoms with Crippen molar-refractivity contribution in [1.82, 2.24) is 15.5 Å². The number of aromatic amines is 1. The Morgan fingerprint density at radius 2 is 2.18 bits per heavy atom. The number of nitriles is 1. The van der Waals surface area contributed by atoms with Gasteiger partial charge in [0.1, 0.15) is 0 Å². The van der Waals surface area contributed by atoms with Crippen LogP contribution in [0.25, 0.3) is 0 Å². The SMILES string of the molecule is CC(NCc1ccc(C#N)cc1)c1cn[nH]c1. The van der Waals surface area contributed by atoms with Crippen LogP contribution < -0.4 is 5.32 Å². The predicted octanol–water partition coefficient (Wildman–Crippen LogP) is 2.13. The van der Waals surface area contributed by atoms with Gasteiger partial charge >= 0.3 is 0 Å². The van der Waals surface area contributed by atoms with E-state index in [1.54, 1.807) is 0 Å². The molecule has 0 spiro atoms. The number of hydrogen-bond donors (Lipinski definition) is 2. The molecule has 1 aromatic heterocycles. The fraction of sp³-hybridized carbons (Fsp3) is 0.231. The fourth-order valence-electron chi connectivity index (χ4n) is 1.58. The van der Waals surface area contributed by atoms with Crippen molar-refractivity contribution in [3.8, 4) is 6.07 Å². The summed E-state index contributed by atoms with van der Waals surface area (Å²) in [6, 6.07) is 9.96. The second-order valence-corrected chi connectivity index (χ2v) is 3.94. The highest BCUT2D eigenvalue weighted by Crippen LogP contribution is 2.10. The van der Waals surface area contributed by atoms with Gasteiger partial charge in [-0.2, -0.15) is 10.4 Å². The molecule has 0 amide bonds. The van der Waals surface area contributed by atoms with Crippen LogP contribution in [0.2, 0.25) is 0 Å². The van der Waals surface area contributed by atoms with E-state index in [0.29, 0.717) is 5.56 Å². The van der Waals surface area contributed by atoms with E-state index < -0.39 is 0 Å². The maximum Gasteiger partial charge on any atom is 0.0991 e. The molecule has 1 heterocycles. The van der Waals surface area contributed by atoms with Gasteiger partial charge < -0.3 is 5.32 Å². The normalized spacial score (nSPS) is 12.0. The Bertz CT molecular complexity index is 493. The zero-order chi connectivity index (χ0) is 12.1. The first-order valence-corrected chi connectivity index (χ1v) is 5.50. The van der Waals surface area contributed by atoms with Gasteiger partial charge in [-0.25, -0.2) is 0 Å². The average molecular weight is 226 g/mol. The van der Waals surface area contributed by atoms with Crippen molar-refractivity contribution in [2.24, 2.45) is 0 Å². The molecule has 17 heavy (non-hydrogen) atoms. The lowest BCUT2D eigenvalue weighted by atomic mass is 10.1. The van der Waals surface area contributed by atoms with Gasteiger partial charge in [-0.3, -0.25) is 5.10 Å². The lowest BCUT2D eigenvalue weighted by molar-refractivity contribution is 0.575. The fourth-order valence-corrected chi connectivity index (χ4v) is 1.58. The third-order valence-electron chi connectivity index (χ3n) is 2.71. The highest BCUT2D eigenvalue weighted by molar-refractivity contribution is 5.31. The van der Waals surface area contributed by atoms with E-state index in [9.17, 15) is 0 Å². The molecule has 0 bridgehead atoms. The van der Waals surface area contributed by atoms with E-state index in [-0.39, 0.29) is 6.04 Å². The van der Waals surface area contributed by atoms with Gasteiger partial charge in [0.15, 0.2) is 0 Å². The molecule has 0 aliphatic heterocycles. The summed E-state index contributed by atoms with van der Waals surface area (Å²) in [5, 5.41) is 18.8. The molecular formula is C13H14N4. The van der Waals surface area contributed by atoms with Crippen molar-refractivity contribution < 1.29 is 0 Å². The highest BCUT2D eigenvalue weighted by Gasteiger charge is 2.05. The monoisotopic (exact) mass is 226 g/mol. The Morgan fingerprint density at radius 3 is 2.76 bits per heavy atom. The summed E-state index contributed by atoms with van der Waals surface area (Å²) in [6.45, 7) is 2.87. The molecule has 0 aliphatic rings. The van der Waals surface area contributed by atoms with Crippen LogP contribution in [0.5, 0.6) is 0 Å². The summed E-state index contributed by atoms with van der Waals surface area (Å²) in [6.07, 6.45) is 3.70. The number of benzene rings is 1. The van der Waals surface area contributed by atoms with Gasteiger partial charge in [0.2, 0.25) is 0 Å². The van der Waals surface area contributed by atoms with Crippen LogP contribution in [-0.4, -0.2) is 10.2 Å². The molecular weight excluding hydrogens is 212 g/mol. The minimum absolute atomic E-state index is 0.254. The summed E-state index contributed by atoms with van der Waals surface area (Å²) in [5.41, 5.74) is 3.00. The van der Waals surface area contributed by atoms with Crippen molar-refractivity contribution >= 4 is 0 Å². The molecule has 0 radical (unpaired) electrons. The van der Waals surface area contributed by atoms with Gasteiger partial charge in [0, 0.05) is 24.3 Å². The number of nitrogens with one attached hydrogen (secondary N) is 2. The van der Waals surface area contributed by atoms with E-state index in [1.165, 1.54) is 5.56 Å². The van der Waals surface area contributed by atoms with Crippen molar-refractivity contribution in [3.63, 3.8) is 0 Å². The standard InChI is InChI=1S/C13H14N4/c1-10(13-8-16-17-9-13)15-7-12-4-2-11(6-14)3-5-12/h2-5,8-10,15H,7H2,1H3,(H,16,17). The number of rotatable bonds is 4. The van der Waals surface area contributed by atoms with Crippen LogP contribution in [0.1, 0.15) is 29.7 Å². The first-order valence-electron chi connectivity index (χ1n) is 5.50. The smallest absolute Gasteiger partial charge is 0.0991 e. The van der Waals surface area contributed by atoms with Crippen molar-refractivity contribution in [1.29, 1.82) is 5.26 Å². The van der Waals surface area contributed by atoms with Gasteiger partial charge in [-0.1, -0.05) is 12.1 Å². The van der Waals surface area contributed by atoms with Crippen molar-refractivity contribution in [2.45, 2.75) is 19.5 Å². The molecule has 2 N–H and O–H groups in total. The maximum atomic E-state index is 8.70. The molecule has 2 aromatic rings. The molecule has 0 saturated carbocycles.